The zero-order valence-corrected chi connectivity index (χ0v) is 40.7. The Morgan fingerprint density at radius 2 is 1.20 bits per heavy atom. The van der Waals surface area contributed by atoms with E-state index in [1.807, 2.05) is 33.8 Å². The number of rotatable bonds is 10. The first-order chi connectivity index (χ1) is 31.3. The van der Waals surface area contributed by atoms with E-state index in [1.165, 1.54) is 27.8 Å². The van der Waals surface area contributed by atoms with Crippen molar-refractivity contribution in [1.82, 2.24) is 14.1 Å². The molecule has 0 aliphatic carbocycles. The smallest absolute Gasteiger partial charge is 0.267 e. The fourth-order valence-corrected chi connectivity index (χ4v) is 8.91. The van der Waals surface area contributed by atoms with Crippen LogP contribution in [-0.4, -0.2) is 14.1 Å². The van der Waals surface area contributed by atoms with Crippen molar-refractivity contribution >= 4 is 21.8 Å². The second kappa shape index (κ2) is 17.5. The minimum absolute atomic E-state index is 0. The van der Waals surface area contributed by atoms with E-state index in [-0.39, 0.29) is 37.3 Å². The van der Waals surface area contributed by atoms with E-state index in [1.54, 1.807) is 0 Å². The Hall–Kier alpha value is -6.81. The molecule has 0 aliphatic heterocycles. The maximum Gasteiger partial charge on any atom is 0.267 e. The van der Waals surface area contributed by atoms with Gasteiger partial charge in [-0.05, 0) is 85.6 Å². The van der Waals surface area contributed by atoms with Crippen molar-refractivity contribution in [3.8, 4) is 39.8 Å². The van der Waals surface area contributed by atoms with Crippen LogP contribution in [0.25, 0.3) is 50.1 Å². The van der Waals surface area contributed by atoms with Crippen LogP contribution in [0.4, 0.5) is 0 Å². The summed E-state index contributed by atoms with van der Waals surface area (Å²) < 4.78 is 13.1. The van der Waals surface area contributed by atoms with E-state index < -0.39 is 0 Å². The number of nitrogens with zero attached hydrogens (tertiary/aromatic N) is 4. The van der Waals surface area contributed by atoms with Crippen molar-refractivity contribution < 1.29 is 30.4 Å². The minimum Gasteiger partial charge on any atom is -0.510 e. The molecule has 6 heteroatoms. The fourth-order valence-electron chi connectivity index (χ4n) is 8.91. The number of fused-ring (bicyclic) bond motifs is 3. The van der Waals surface area contributed by atoms with Gasteiger partial charge in [0.25, 0.3) is 6.33 Å². The second-order valence-corrected chi connectivity index (χ2v) is 19.1. The standard InChI is InChI=1S/C60H52N4O.Pt/c1-58(2,3)46-30-31-61-57(38-46)64-55-29-26-43(42-18-11-8-12-19-42)34-54(55)53-28-27-51(40-56(53)64)65-52-37-48(60(6,7)45-22-15-10-16-23-45)36-50(39-52)63-33-32-62(41-63)49-25-17-24-47(35-49)59(4,5)44-20-13-9-14-21-44;/h8-38H,1-7H3;/q-2;. The first kappa shape index (κ1) is 44.4. The molecule has 0 amide bonds. The van der Waals surface area contributed by atoms with E-state index in [0.29, 0.717) is 11.5 Å². The molecule has 0 saturated heterocycles. The molecule has 10 aromatic rings. The third-order valence-electron chi connectivity index (χ3n) is 13.0. The van der Waals surface area contributed by atoms with Crippen LogP contribution < -0.4 is 9.30 Å². The Morgan fingerprint density at radius 1 is 0.530 bits per heavy atom. The topological polar surface area (TPSA) is 35.9 Å². The van der Waals surface area contributed by atoms with Gasteiger partial charge < -0.3 is 13.9 Å². The van der Waals surface area contributed by atoms with Crippen LogP contribution in [0.15, 0.2) is 188 Å². The first-order valence-corrected chi connectivity index (χ1v) is 22.4. The van der Waals surface area contributed by atoms with Gasteiger partial charge in [0.05, 0.1) is 5.69 Å². The number of benzene rings is 7. The summed E-state index contributed by atoms with van der Waals surface area (Å²) >= 11 is 0. The Balaban J connectivity index is 0.00000548. The predicted molar refractivity (Wildman–Crippen MR) is 264 cm³/mol. The SMILES string of the molecule is CC(C)(C)c1ccnc(-n2c3[c-]c(Oc4[c-]c(-n5[c-][n+](-c6cccc(C(C)(C)c7ccccc7)c6)cc5)cc(C(C)(C)c5ccccc5)c4)ccc3c3cc(-c4ccccc4)ccc32)c1.[Pt]. The maximum absolute atomic E-state index is 6.89. The molecular weight excluding hydrogens is 988 g/mol. The summed E-state index contributed by atoms with van der Waals surface area (Å²) in [4.78, 5) is 4.94. The van der Waals surface area contributed by atoms with E-state index >= 15 is 0 Å². The molecule has 0 radical (unpaired) electrons. The molecule has 3 aromatic heterocycles. The summed E-state index contributed by atoms with van der Waals surface area (Å²) in [5.74, 6) is 2.00. The molecule has 66 heavy (non-hydrogen) atoms. The predicted octanol–water partition coefficient (Wildman–Crippen LogP) is 14.1. The molecule has 0 unspecified atom stereocenters. The maximum atomic E-state index is 6.89. The van der Waals surface area contributed by atoms with Crippen LogP contribution >= 0.6 is 0 Å². The Morgan fingerprint density at radius 3 is 1.89 bits per heavy atom. The van der Waals surface area contributed by atoms with Crippen LogP contribution in [0, 0.1) is 18.5 Å². The molecule has 7 aromatic carbocycles. The summed E-state index contributed by atoms with van der Waals surface area (Å²) in [5, 5.41) is 2.19. The molecule has 5 nitrogen and oxygen atoms in total. The van der Waals surface area contributed by atoms with Gasteiger partial charge in [-0.1, -0.05) is 169 Å². The summed E-state index contributed by atoms with van der Waals surface area (Å²) in [6.45, 7) is 15.8. The summed E-state index contributed by atoms with van der Waals surface area (Å²) in [7, 11) is 0. The number of hydrogen-bond donors (Lipinski definition) is 0. The molecule has 0 bridgehead atoms. The van der Waals surface area contributed by atoms with Gasteiger partial charge in [0.15, 0.2) is 0 Å². The van der Waals surface area contributed by atoms with E-state index in [2.05, 4.69) is 235 Å². The Kier molecular flexibility index (Phi) is 11.8. The summed E-state index contributed by atoms with van der Waals surface area (Å²) in [6.07, 6.45) is 9.58. The number of aromatic nitrogens is 4. The van der Waals surface area contributed by atoms with E-state index in [9.17, 15) is 0 Å². The molecule has 0 saturated carbocycles. The van der Waals surface area contributed by atoms with Crippen molar-refractivity contribution in [2.75, 3.05) is 0 Å². The Bertz CT molecular complexity index is 3320. The third kappa shape index (κ3) is 8.45. The monoisotopic (exact) mass is 1040 g/mol. The molecule has 0 atom stereocenters. The van der Waals surface area contributed by atoms with E-state index in [0.717, 1.165) is 50.1 Å². The van der Waals surface area contributed by atoms with Crippen LogP contribution in [0.5, 0.6) is 11.5 Å². The van der Waals surface area contributed by atoms with Crippen molar-refractivity contribution in [3.05, 3.63) is 235 Å². The average molecular weight is 1040 g/mol. The van der Waals surface area contributed by atoms with Gasteiger partial charge in [-0.3, -0.25) is 4.57 Å². The summed E-state index contributed by atoms with van der Waals surface area (Å²) in [5.41, 5.74) is 11.5. The van der Waals surface area contributed by atoms with E-state index in [4.69, 9.17) is 9.72 Å². The van der Waals surface area contributed by atoms with Gasteiger partial charge in [0.2, 0.25) is 0 Å². The van der Waals surface area contributed by atoms with Gasteiger partial charge in [0.1, 0.15) is 5.82 Å². The van der Waals surface area contributed by atoms with Gasteiger partial charge >= 0.3 is 0 Å². The van der Waals surface area contributed by atoms with Crippen LogP contribution in [-0.2, 0) is 37.3 Å². The van der Waals surface area contributed by atoms with Crippen molar-refractivity contribution in [1.29, 1.82) is 0 Å². The summed E-state index contributed by atoms with van der Waals surface area (Å²) in [6, 6.07) is 67.3. The van der Waals surface area contributed by atoms with Gasteiger partial charge in [-0.15, -0.1) is 35.2 Å². The number of imidazole rings is 1. The zero-order chi connectivity index (χ0) is 44.9. The number of hydrogen-bond acceptors (Lipinski definition) is 2. The molecule has 0 fully saturated rings. The zero-order valence-electron chi connectivity index (χ0n) is 38.4. The fraction of sp³-hybridized carbons (Fsp3) is 0.167. The van der Waals surface area contributed by atoms with Crippen LogP contribution in [0.3, 0.4) is 0 Å². The molecule has 0 aliphatic rings. The van der Waals surface area contributed by atoms with Gasteiger partial charge in [-0.2, -0.15) is 12.1 Å². The second-order valence-electron chi connectivity index (χ2n) is 19.1. The van der Waals surface area contributed by atoms with Crippen molar-refractivity contribution in [3.63, 3.8) is 0 Å². The Labute approximate surface area is 403 Å². The van der Waals surface area contributed by atoms with Crippen LogP contribution in [0.1, 0.15) is 76.3 Å². The van der Waals surface area contributed by atoms with Crippen molar-refractivity contribution in [2.24, 2.45) is 0 Å². The van der Waals surface area contributed by atoms with Crippen LogP contribution in [0.2, 0.25) is 0 Å². The average Bonchev–Trinajstić information content (AvgIpc) is 3.96. The first-order valence-electron chi connectivity index (χ1n) is 22.4. The normalized spacial score (nSPS) is 12.0. The molecule has 3 heterocycles. The largest absolute Gasteiger partial charge is 0.510 e. The van der Waals surface area contributed by atoms with Crippen molar-refractivity contribution in [2.45, 2.75) is 64.7 Å². The minimum atomic E-state index is -0.357. The van der Waals surface area contributed by atoms with Gasteiger partial charge in [-0.25, -0.2) is 4.98 Å². The van der Waals surface area contributed by atoms with Gasteiger partial charge in [0, 0.05) is 62.1 Å². The molecule has 0 N–H and O–H groups in total. The molecule has 0 spiro atoms. The molecule has 10 rings (SSSR count). The molecule has 330 valence electrons. The molecular formula is C60H52N4OPt-2. The number of ether oxygens (including phenoxy) is 1. The quantitative estimate of drug-likeness (QED) is 0.101. The third-order valence-corrected chi connectivity index (χ3v) is 13.0. The number of pyridine rings is 1.